The van der Waals surface area contributed by atoms with E-state index < -0.39 is 0 Å². The van der Waals surface area contributed by atoms with E-state index in [-0.39, 0.29) is 6.10 Å². The molecule has 0 saturated carbocycles. The summed E-state index contributed by atoms with van der Waals surface area (Å²) in [6.45, 7) is 4.11. The van der Waals surface area contributed by atoms with Crippen LogP contribution >= 0.6 is 12.2 Å². The van der Waals surface area contributed by atoms with Crippen molar-refractivity contribution in [1.82, 2.24) is 5.32 Å². The van der Waals surface area contributed by atoms with Crippen LogP contribution in [0.3, 0.4) is 0 Å². The molecule has 3 heteroatoms. The summed E-state index contributed by atoms with van der Waals surface area (Å²) in [5.74, 6) is 0. The Morgan fingerprint density at radius 3 is 3.00 bits per heavy atom. The van der Waals surface area contributed by atoms with E-state index in [0.717, 1.165) is 6.42 Å². The van der Waals surface area contributed by atoms with Crippen molar-refractivity contribution < 1.29 is 4.74 Å². The Labute approximate surface area is 91.7 Å². The predicted octanol–water partition coefficient (Wildman–Crippen LogP) is 2.78. The average molecular weight is 213 g/mol. The van der Waals surface area contributed by atoms with Crippen molar-refractivity contribution in [2.45, 2.75) is 51.7 Å². The highest BCUT2D eigenvalue weighted by molar-refractivity contribution is 7.80. The van der Waals surface area contributed by atoms with E-state index in [4.69, 9.17) is 17.0 Å². The fourth-order valence-electron chi connectivity index (χ4n) is 1.46. The maximum Gasteiger partial charge on any atom is 0.257 e. The molecule has 0 amide bonds. The van der Waals surface area contributed by atoms with Crippen LogP contribution in [0.5, 0.6) is 0 Å². The van der Waals surface area contributed by atoms with Crippen LogP contribution < -0.4 is 5.32 Å². The Bertz CT molecular complexity index is 213. The van der Waals surface area contributed by atoms with Crippen molar-refractivity contribution in [1.29, 1.82) is 0 Å². The third-order valence-electron chi connectivity index (χ3n) is 2.13. The summed E-state index contributed by atoms with van der Waals surface area (Å²) in [7, 11) is 0. The molecule has 0 spiro atoms. The number of hydrogen-bond acceptors (Lipinski definition) is 2. The lowest BCUT2D eigenvalue weighted by Gasteiger charge is -2.17. The molecule has 1 rings (SSSR count). The van der Waals surface area contributed by atoms with E-state index in [1.807, 2.05) is 0 Å². The van der Waals surface area contributed by atoms with Crippen LogP contribution in [0.15, 0.2) is 12.2 Å². The minimum Gasteiger partial charge on any atom is -0.464 e. The van der Waals surface area contributed by atoms with Gasteiger partial charge in [-0.2, -0.15) is 0 Å². The van der Waals surface area contributed by atoms with Gasteiger partial charge < -0.3 is 10.1 Å². The van der Waals surface area contributed by atoms with Crippen molar-refractivity contribution in [3.8, 4) is 0 Å². The summed E-state index contributed by atoms with van der Waals surface area (Å²) in [6, 6.07) is 0.345. The molecule has 2 nitrogen and oxygen atoms in total. The number of allylic oxidation sites excluding steroid dienone is 1. The molecule has 0 aromatic heterocycles. The van der Waals surface area contributed by atoms with Crippen molar-refractivity contribution in [2.75, 3.05) is 0 Å². The van der Waals surface area contributed by atoms with Crippen LogP contribution in [0.2, 0.25) is 0 Å². The first-order valence-electron chi connectivity index (χ1n) is 5.32. The summed E-state index contributed by atoms with van der Waals surface area (Å²) < 4.78 is 5.62. The Hall–Kier alpha value is -0.570. The third-order valence-corrected chi connectivity index (χ3v) is 2.34. The first-order chi connectivity index (χ1) is 6.68. The molecule has 0 bridgehead atoms. The van der Waals surface area contributed by atoms with E-state index in [9.17, 15) is 0 Å². The third kappa shape index (κ3) is 4.61. The summed E-state index contributed by atoms with van der Waals surface area (Å²) in [4.78, 5) is 0. The Morgan fingerprint density at radius 2 is 2.29 bits per heavy atom. The second-order valence-electron chi connectivity index (χ2n) is 3.96. The standard InChI is InChI=1S/C11H19NOS/c1-9(2)12-11(14)13-10-7-5-3-4-6-8-10/h5,7,9-10H,3-4,6,8H2,1-2H3,(H,12,14). The Balaban J connectivity index is 2.31. The SMILES string of the molecule is CC(C)NC(=S)OC1C=CCCCC1. The van der Waals surface area contributed by atoms with Crippen molar-refractivity contribution in [3.63, 3.8) is 0 Å². The van der Waals surface area contributed by atoms with E-state index >= 15 is 0 Å². The molecule has 1 atom stereocenters. The van der Waals surface area contributed by atoms with Gasteiger partial charge in [-0.3, -0.25) is 0 Å². The van der Waals surface area contributed by atoms with Crippen LogP contribution in [-0.2, 0) is 4.74 Å². The van der Waals surface area contributed by atoms with Crippen molar-refractivity contribution >= 4 is 17.4 Å². The Morgan fingerprint density at radius 1 is 1.50 bits per heavy atom. The largest absolute Gasteiger partial charge is 0.464 e. The van der Waals surface area contributed by atoms with Gasteiger partial charge in [0, 0.05) is 6.04 Å². The molecule has 1 aliphatic carbocycles. The number of thiocarbonyl (C=S) groups is 1. The summed E-state index contributed by atoms with van der Waals surface area (Å²) in [5, 5.41) is 3.61. The van der Waals surface area contributed by atoms with E-state index in [2.05, 4.69) is 31.3 Å². The van der Waals surface area contributed by atoms with Gasteiger partial charge in [0.1, 0.15) is 6.10 Å². The summed E-state index contributed by atoms with van der Waals surface area (Å²) >= 11 is 5.09. The van der Waals surface area contributed by atoms with Crippen molar-refractivity contribution in [3.05, 3.63) is 12.2 Å². The lowest BCUT2D eigenvalue weighted by Crippen LogP contribution is -2.33. The fourth-order valence-corrected chi connectivity index (χ4v) is 1.82. The van der Waals surface area contributed by atoms with E-state index in [1.165, 1.54) is 19.3 Å². The molecule has 0 radical (unpaired) electrons. The average Bonchev–Trinajstić information content (AvgIpc) is 2.31. The normalized spacial score (nSPS) is 21.8. The van der Waals surface area contributed by atoms with Gasteiger partial charge in [0.25, 0.3) is 5.17 Å². The zero-order chi connectivity index (χ0) is 10.4. The van der Waals surface area contributed by atoms with Crippen LogP contribution in [0, 0.1) is 0 Å². The molecule has 0 heterocycles. The molecule has 80 valence electrons. The van der Waals surface area contributed by atoms with Gasteiger partial charge in [0.2, 0.25) is 0 Å². The molecular weight excluding hydrogens is 194 g/mol. The molecule has 0 fully saturated rings. The van der Waals surface area contributed by atoms with Gasteiger partial charge in [0.05, 0.1) is 0 Å². The van der Waals surface area contributed by atoms with Gasteiger partial charge in [-0.15, -0.1) is 0 Å². The number of hydrogen-bond donors (Lipinski definition) is 1. The van der Waals surface area contributed by atoms with Gasteiger partial charge in [0.15, 0.2) is 0 Å². The number of ether oxygens (including phenoxy) is 1. The zero-order valence-corrected chi connectivity index (χ0v) is 9.77. The highest BCUT2D eigenvalue weighted by atomic mass is 32.1. The molecule has 1 aliphatic rings. The van der Waals surface area contributed by atoms with Crippen LogP contribution in [0.4, 0.5) is 0 Å². The van der Waals surface area contributed by atoms with Crippen LogP contribution in [0.25, 0.3) is 0 Å². The number of rotatable bonds is 2. The predicted molar refractivity (Wildman–Crippen MR) is 63.4 cm³/mol. The fraction of sp³-hybridized carbons (Fsp3) is 0.727. The maximum absolute atomic E-state index is 5.62. The molecule has 0 aliphatic heterocycles. The minimum atomic E-state index is 0.177. The molecule has 0 saturated heterocycles. The van der Waals surface area contributed by atoms with Gasteiger partial charge >= 0.3 is 0 Å². The number of nitrogens with one attached hydrogen (secondary N) is 1. The summed E-state index contributed by atoms with van der Waals surface area (Å²) in [6.07, 6.45) is 9.23. The first kappa shape index (κ1) is 11.5. The molecule has 0 aromatic rings. The van der Waals surface area contributed by atoms with Gasteiger partial charge in [-0.05, 0) is 57.8 Å². The van der Waals surface area contributed by atoms with E-state index in [0.29, 0.717) is 11.2 Å². The molecule has 14 heavy (non-hydrogen) atoms. The molecule has 1 N–H and O–H groups in total. The maximum atomic E-state index is 5.62. The highest BCUT2D eigenvalue weighted by Gasteiger charge is 2.10. The topological polar surface area (TPSA) is 21.3 Å². The van der Waals surface area contributed by atoms with Gasteiger partial charge in [-0.1, -0.05) is 6.08 Å². The lowest BCUT2D eigenvalue weighted by molar-refractivity contribution is 0.218. The highest BCUT2D eigenvalue weighted by Crippen LogP contribution is 2.13. The molecule has 1 unspecified atom stereocenters. The van der Waals surface area contributed by atoms with Crippen molar-refractivity contribution in [2.24, 2.45) is 0 Å². The molecule has 0 aromatic carbocycles. The van der Waals surface area contributed by atoms with Crippen LogP contribution in [0.1, 0.15) is 39.5 Å². The minimum absolute atomic E-state index is 0.177. The molecular formula is C11H19NOS. The monoisotopic (exact) mass is 213 g/mol. The first-order valence-corrected chi connectivity index (χ1v) is 5.73. The van der Waals surface area contributed by atoms with E-state index in [1.54, 1.807) is 0 Å². The smallest absolute Gasteiger partial charge is 0.257 e. The lowest BCUT2D eigenvalue weighted by atomic mass is 10.2. The quantitative estimate of drug-likeness (QED) is 0.563. The Kier molecular flexibility index (Phi) is 4.94. The zero-order valence-electron chi connectivity index (χ0n) is 8.95. The van der Waals surface area contributed by atoms with Gasteiger partial charge in [-0.25, -0.2) is 0 Å². The van der Waals surface area contributed by atoms with Crippen LogP contribution in [-0.4, -0.2) is 17.3 Å². The second-order valence-corrected chi connectivity index (χ2v) is 4.33. The summed E-state index contributed by atoms with van der Waals surface area (Å²) in [5.41, 5.74) is 0. The second kappa shape index (κ2) is 6.02.